The van der Waals surface area contributed by atoms with E-state index in [9.17, 15) is 8.42 Å². The second kappa shape index (κ2) is 5.25. The number of rotatable bonds is 3. The number of sulfone groups is 1. The molecule has 0 spiro atoms. The fraction of sp³-hybridized carbons (Fsp3) is 0.556. The Bertz CT molecular complexity index is 522. The van der Waals surface area contributed by atoms with Crippen LogP contribution in [0.5, 0.6) is 0 Å². The predicted molar refractivity (Wildman–Crippen MR) is 70.2 cm³/mol. The summed E-state index contributed by atoms with van der Waals surface area (Å²) in [5, 5.41) is 3.50. The lowest BCUT2D eigenvalue weighted by atomic mass is 10.1. The lowest BCUT2D eigenvalue weighted by Gasteiger charge is -2.23. The number of hydrogen-bond donors (Lipinski definition) is 3. The van der Waals surface area contributed by atoms with Crippen molar-refractivity contribution in [3.05, 3.63) is 11.2 Å². The van der Waals surface area contributed by atoms with Crippen molar-refractivity contribution in [2.24, 2.45) is 5.84 Å². The summed E-state index contributed by atoms with van der Waals surface area (Å²) in [7, 11) is -2.87. The summed E-state index contributed by atoms with van der Waals surface area (Å²) < 4.78 is 22.6. The molecule has 18 heavy (non-hydrogen) atoms. The van der Waals surface area contributed by atoms with E-state index in [2.05, 4.69) is 20.7 Å². The molecule has 100 valence electrons. The molecular weight excluding hydrogens is 278 g/mol. The van der Waals surface area contributed by atoms with Gasteiger partial charge in [0.15, 0.2) is 5.82 Å². The smallest absolute Gasteiger partial charge is 0.239 e. The van der Waals surface area contributed by atoms with E-state index in [1.807, 2.05) is 0 Å². The molecule has 0 bridgehead atoms. The van der Waals surface area contributed by atoms with E-state index in [4.69, 9.17) is 17.4 Å². The maximum Gasteiger partial charge on any atom is 0.239 e. The van der Waals surface area contributed by atoms with Gasteiger partial charge in [0.1, 0.15) is 14.9 Å². The monoisotopic (exact) mass is 291 g/mol. The Kier molecular flexibility index (Phi) is 3.88. The largest absolute Gasteiger partial charge is 0.366 e. The molecular formula is C9H14ClN5O2S. The number of nitrogens with zero attached hydrogens (tertiary/aromatic N) is 2. The van der Waals surface area contributed by atoms with Crippen LogP contribution in [0.1, 0.15) is 12.8 Å². The molecule has 2 rings (SSSR count). The summed E-state index contributed by atoms with van der Waals surface area (Å²) in [5.74, 6) is 6.31. The van der Waals surface area contributed by atoms with E-state index in [1.54, 1.807) is 0 Å². The number of nitrogens with two attached hydrogens (primary N) is 1. The molecule has 1 aliphatic heterocycles. The minimum atomic E-state index is -2.87. The summed E-state index contributed by atoms with van der Waals surface area (Å²) in [4.78, 5) is 7.94. The van der Waals surface area contributed by atoms with Gasteiger partial charge < -0.3 is 5.32 Å². The summed E-state index contributed by atoms with van der Waals surface area (Å²) in [5.41, 5.74) is 2.33. The SMILES string of the molecule is NNc1ncc(Cl)c(NC2CCS(=O)(=O)CC2)n1. The van der Waals surface area contributed by atoms with Crippen LogP contribution in [-0.4, -0.2) is 35.9 Å². The molecule has 0 aliphatic carbocycles. The summed E-state index contributed by atoms with van der Waals surface area (Å²) in [6.07, 6.45) is 2.54. The summed E-state index contributed by atoms with van der Waals surface area (Å²) in [6.45, 7) is 0. The normalized spacial score (nSPS) is 19.4. The molecule has 0 amide bonds. The fourth-order valence-electron chi connectivity index (χ4n) is 1.77. The van der Waals surface area contributed by atoms with Crippen LogP contribution in [0.15, 0.2) is 6.20 Å². The lowest BCUT2D eigenvalue weighted by molar-refractivity contribution is 0.559. The van der Waals surface area contributed by atoms with E-state index in [-0.39, 0.29) is 23.5 Å². The van der Waals surface area contributed by atoms with Gasteiger partial charge in [0.25, 0.3) is 0 Å². The van der Waals surface area contributed by atoms with Gasteiger partial charge in [-0.1, -0.05) is 11.6 Å². The summed E-state index contributed by atoms with van der Waals surface area (Å²) >= 11 is 5.95. The van der Waals surface area contributed by atoms with Crippen molar-refractivity contribution in [3.63, 3.8) is 0 Å². The van der Waals surface area contributed by atoms with Gasteiger partial charge in [0.05, 0.1) is 17.7 Å². The van der Waals surface area contributed by atoms with E-state index in [1.165, 1.54) is 6.20 Å². The maximum atomic E-state index is 11.3. The van der Waals surface area contributed by atoms with Gasteiger partial charge in [-0.25, -0.2) is 19.2 Å². The number of anilines is 2. The molecule has 4 N–H and O–H groups in total. The van der Waals surface area contributed by atoms with Crippen molar-refractivity contribution < 1.29 is 8.42 Å². The molecule has 0 aromatic carbocycles. The zero-order valence-corrected chi connectivity index (χ0v) is 11.1. The van der Waals surface area contributed by atoms with Gasteiger partial charge in [-0.05, 0) is 12.8 Å². The fourth-order valence-corrected chi connectivity index (χ4v) is 3.40. The lowest BCUT2D eigenvalue weighted by Crippen LogP contribution is -2.32. The average molecular weight is 292 g/mol. The van der Waals surface area contributed by atoms with Crippen LogP contribution in [0, 0.1) is 0 Å². The quantitative estimate of drug-likeness (QED) is 0.546. The summed E-state index contributed by atoms with van der Waals surface area (Å²) in [6, 6.07) is 0.0477. The Morgan fingerprint density at radius 2 is 2.06 bits per heavy atom. The van der Waals surface area contributed by atoms with Gasteiger partial charge in [0.2, 0.25) is 5.95 Å². The first-order valence-corrected chi connectivity index (χ1v) is 7.66. The van der Waals surface area contributed by atoms with E-state index >= 15 is 0 Å². The molecule has 0 radical (unpaired) electrons. The van der Waals surface area contributed by atoms with Crippen molar-refractivity contribution in [1.82, 2.24) is 9.97 Å². The van der Waals surface area contributed by atoms with Crippen LogP contribution in [0.4, 0.5) is 11.8 Å². The third-order valence-electron chi connectivity index (χ3n) is 2.77. The number of nitrogen functional groups attached to an aromatic ring is 1. The van der Waals surface area contributed by atoms with E-state index < -0.39 is 9.84 Å². The first kappa shape index (κ1) is 13.3. The molecule has 1 saturated heterocycles. The molecule has 0 unspecified atom stereocenters. The van der Waals surface area contributed by atoms with Gasteiger partial charge >= 0.3 is 0 Å². The highest BCUT2D eigenvalue weighted by Gasteiger charge is 2.24. The van der Waals surface area contributed by atoms with Crippen LogP contribution >= 0.6 is 11.6 Å². The molecule has 7 nitrogen and oxygen atoms in total. The Morgan fingerprint density at radius 1 is 1.39 bits per heavy atom. The van der Waals surface area contributed by atoms with Gasteiger partial charge in [0, 0.05) is 6.04 Å². The van der Waals surface area contributed by atoms with Crippen LogP contribution < -0.4 is 16.6 Å². The van der Waals surface area contributed by atoms with Gasteiger partial charge in [-0.15, -0.1) is 0 Å². The predicted octanol–water partition coefficient (Wildman–Crippen LogP) is 0.405. The topological polar surface area (TPSA) is 110 Å². The molecule has 1 aromatic rings. The Morgan fingerprint density at radius 3 is 2.67 bits per heavy atom. The zero-order chi connectivity index (χ0) is 13.2. The second-order valence-electron chi connectivity index (χ2n) is 4.10. The van der Waals surface area contributed by atoms with Crippen molar-refractivity contribution >= 4 is 33.2 Å². The minimum absolute atomic E-state index is 0.0477. The van der Waals surface area contributed by atoms with Gasteiger partial charge in [-0.2, -0.15) is 4.98 Å². The van der Waals surface area contributed by atoms with Crippen molar-refractivity contribution in [2.75, 3.05) is 22.2 Å². The molecule has 0 atom stereocenters. The number of hydrogen-bond acceptors (Lipinski definition) is 7. The van der Waals surface area contributed by atoms with Crippen LogP contribution in [0.2, 0.25) is 5.02 Å². The molecule has 1 aromatic heterocycles. The minimum Gasteiger partial charge on any atom is -0.366 e. The van der Waals surface area contributed by atoms with E-state index in [0.29, 0.717) is 23.7 Å². The van der Waals surface area contributed by atoms with Crippen molar-refractivity contribution in [3.8, 4) is 0 Å². The first-order chi connectivity index (χ1) is 8.50. The number of nitrogens with one attached hydrogen (secondary N) is 2. The Labute approximate surface area is 110 Å². The number of hydrazine groups is 1. The highest BCUT2D eigenvalue weighted by molar-refractivity contribution is 7.91. The molecule has 1 fully saturated rings. The maximum absolute atomic E-state index is 11.3. The van der Waals surface area contributed by atoms with Crippen LogP contribution in [0.3, 0.4) is 0 Å². The van der Waals surface area contributed by atoms with E-state index in [0.717, 1.165) is 0 Å². The van der Waals surface area contributed by atoms with Crippen molar-refractivity contribution in [1.29, 1.82) is 0 Å². The third kappa shape index (κ3) is 3.21. The standard InChI is InChI=1S/C9H14ClN5O2S/c10-7-5-12-9(15-11)14-8(7)13-6-1-3-18(16,17)4-2-6/h5-6H,1-4,11H2,(H2,12,13,14,15). The number of aromatic nitrogens is 2. The Balaban J connectivity index is 2.06. The third-order valence-corrected chi connectivity index (χ3v) is 4.76. The molecule has 1 aliphatic rings. The van der Waals surface area contributed by atoms with Crippen LogP contribution in [0.25, 0.3) is 0 Å². The molecule has 0 saturated carbocycles. The van der Waals surface area contributed by atoms with Gasteiger partial charge in [-0.3, -0.25) is 5.43 Å². The second-order valence-corrected chi connectivity index (χ2v) is 6.82. The highest BCUT2D eigenvalue weighted by Crippen LogP contribution is 2.23. The zero-order valence-electron chi connectivity index (χ0n) is 9.56. The van der Waals surface area contributed by atoms with Crippen LogP contribution in [-0.2, 0) is 9.84 Å². The number of halogens is 1. The molecule has 2 heterocycles. The Hall–Kier alpha value is -1.12. The highest BCUT2D eigenvalue weighted by atomic mass is 35.5. The average Bonchev–Trinajstić information content (AvgIpc) is 2.34. The van der Waals surface area contributed by atoms with Crippen molar-refractivity contribution in [2.45, 2.75) is 18.9 Å². The molecule has 9 heteroatoms. The first-order valence-electron chi connectivity index (χ1n) is 5.46.